The number of hydrogen-bond donors (Lipinski definition) is 2. The molecule has 0 aliphatic carbocycles. The normalized spacial score (nSPS) is 17.4. The number of hydrogen-bond acceptors (Lipinski definition) is 6. The van der Waals surface area contributed by atoms with Gasteiger partial charge in [-0.3, -0.25) is 0 Å². The number of nitrogens with one attached hydrogen (secondary N) is 1. The van der Waals surface area contributed by atoms with Gasteiger partial charge in [-0.2, -0.15) is 11.3 Å². The molecule has 0 radical (unpaired) electrons. The van der Waals surface area contributed by atoms with E-state index in [4.69, 9.17) is 10.8 Å². The molecule has 1 aliphatic rings. The Bertz CT molecular complexity index is 1060. The highest BCUT2D eigenvalue weighted by atomic mass is 32.1. The van der Waals surface area contributed by atoms with Crippen molar-refractivity contribution in [3.63, 3.8) is 0 Å². The molecule has 6 nitrogen and oxygen atoms in total. The molecule has 3 N–H and O–H groups in total. The maximum absolute atomic E-state index is 6.03. The van der Waals surface area contributed by atoms with Crippen molar-refractivity contribution in [3.8, 4) is 22.6 Å². The van der Waals surface area contributed by atoms with Gasteiger partial charge >= 0.3 is 0 Å². The van der Waals surface area contributed by atoms with Crippen LogP contribution in [0.3, 0.4) is 0 Å². The third-order valence-corrected chi connectivity index (χ3v) is 5.84. The number of thiophene rings is 1. The molecule has 7 heteroatoms. The van der Waals surface area contributed by atoms with E-state index < -0.39 is 0 Å². The third-order valence-electron chi connectivity index (χ3n) is 5.15. The first-order valence-electron chi connectivity index (χ1n) is 9.13. The SMILES string of the molecule is Nn1cnc2c(-c3ccsc3)nc(-c3ccc(C4CCCNC4)cc3)nc21. The van der Waals surface area contributed by atoms with Crippen molar-refractivity contribution < 1.29 is 0 Å². The Morgan fingerprint density at radius 2 is 2.00 bits per heavy atom. The van der Waals surface area contributed by atoms with Gasteiger partial charge < -0.3 is 11.2 Å². The van der Waals surface area contributed by atoms with E-state index in [1.54, 1.807) is 17.7 Å². The fourth-order valence-electron chi connectivity index (χ4n) is 3.69. The van der Waals surface area contributed by atoms with Crippen LogP contribution in [0.2, 0.25) is 0 Å². The van der Waals surface area contributed by atoms with Gasteiger partial charge in [-0.25, -0.2) is 19.6 Å². The number of benzene rings is 1. The molecule has 0 spiro atoms. The zero-order valence-corrected chi connectivity index (χ0v) is 15.6. The minimum absolute atomic E-state index is 0.586. The Kier molecular flexibility index (Phi) is 4.10. The Labute approximate surface area is 161 Å². The standard InChI is InChI=1S/C20H20N6S/c21-26-12-23-18-17(16-7-9-27-11-16)24-19(25-20(18)26)14-5-3-13(4-6-14)15-2-1-8-22-10-15/h3-7,9,11-12,15,22H,1-2,8,10,21H2. The van der Waals surface area contributed by atoms with Crippen molar-refractivity contribution in [1.82, 2.24) is 24.9 Å². The highest BCUT2D eigenvalue weighted by Gasteiger charge is 2.17. The molecule has 1 aromatic carbocycles. The summed E-state index contributed by atoms with van der Waals surface area (Å²) < 4.78 is 1.46. The first-order chi connectivity index (χ1) is 13.3. The second kappa shape index (κ2) is 6.75. The van der Waals surface area contributed by atoms with Gasteiger partial charge in [-0.05, 0) is 42.3 Å². The van der Waals surface area contributed by atoms with Gasteiger partial charge in [0.2, 0.25) is 0 Å². The van der Waals surface area contributed by atoms with Gasteiger partial charge in [0.05, 0.1) is 0 Å². The van der Waals surface area contributed by atoms with Crippen molar-refractivity contribution in [2.45, 2.75) is 18.8 Å². The number of rotatable bonds is 3. The van der Waals surface area contributed by atoms with E-state index in [0.29, 0.717) is 17.4 Å². The van der Waals surface area contributed by atoms with Crippen LogP contribution >= 0.6 is 11.3 Å². The molecule has 4 aromatic rings. The summed E-state index contributed by atoms with van der Waals surface area (Å²) in [7, 11) is 0. The molecule has 1 atom stereocenters. The monoisotopic (exact) mass is 376 g/mol. The molecule has 27 heavy (non-hydrogen) atoms. The number of piperidine rings is 1. The summed E-state index contributed by atoms with van der Waals surface area (Å²) in [6, 6.07) is 10.7. The van der Waals surface area contributed by atoms with Gasteiger partial charge in [-0.1, -0.05) is 24.3 Å². The van der Waals surface area contributed by atoms with Gasteiger partial charge in [-0.15, -0.1) is 0 Å². The van der Waals surface area contributed by atoms with Crippen LogP contribution in [0.15, 0.2) is 47.4 Å². The maximum Gasteiger partial charge on any atom is 0.183 e. The van der Waals surface area contributed by atoms with Crippen LogP contribution in [-0.2, 0) is 0 Å². The molecule has 136 valence electrons. The molecule has 1 fully saturated rings. The summed E-state index contributed by atoms with van der Waals surface area (Å²) in [5.41, 5.74) is 5.58. The zero-order valence-electron chi connectivity index (χ0n) is 14.8. The number of fused-ring (bicyclic) bond motifs is 1. The van der Waals surface area contributed by atoms with E-state index in [2.05, 4.69) is 44.9 Å². The van der Waals surface area contributed by atoms with E-state index in [-0.39, 0.29) is 0 Å². The second-order valence-corrected chi connectivity index (χ2v) is 7.68. The number of imidazole rings is 1. The minimum Gasteiger partial charge on any atom is -0.336 e. The molecule has 3 aromatic heterocycles. The van der Waals surface area contributed by atoms with Crippen LogP contribution < -0.4 is 11.2 Å². The fourth-order valence-corrected chi connectivity index (χ4v) is 4.33. The van der Waals surface area contributed by atoms with Gasteiger partial charge in [0.15, 0.2) is 11.5 Å². The van der Waals surface area contributed by atoms with Crippen LogP contribution in [0.4, 0.5) is 0 Å². The molecule has 0 bridgehead atoms. The summed E-state index contributed by atoms with van der Waals surface area (Å²) in [5, 5.41) is 7.59. The van der Waals surface area contributed by atoms with Crippen molar-refractivity contribution in [1.29, 1.82) is 0 Å². The highest BCUT2D eigenvalue weighted by molar-refractivity contribution is 7.08. The summed E-state index contributed by atoms with van der Waals surface area (Å²) in [6.07, 6.45) is 4.05. The van der Waals surface area contributed by atoms with Crippen LogP contribution in [0.5, 0.6) is 0 Å². The lowest BCUT2D eigenvalue weighted by atomic mass is 9.91. The summed E-state index contributed by atoms with van der Waals surface area (Å²) in [5.74, 6) is 7.28. The first kappa shape index (κ1) is 16.4. The molecule has 1 unspecified atom stereocenters. The number of nitrogen functional groups attached to an aromatic ring is 1. The predicted molar refractivity (Wildman–Crippen MR) is 109 cm³/mol. The third kappa shape index (κ3) is 2.98. The average Bonchev–Trinajstić information content (AvgIpc) is 3.39. The largest absolute Gasteiger partial charge is 0.336 e. The van der Waals surface area contributed by atoms with Crippen molar-refractivity contribution >= 4 is 22.5 Å². The second-order valence-electron chi connectivity index (χ2n) is 6.90. The minimum atomic E-state index is 0.586. The molecule has 4 heterocycles. The number of aromatic nitrogens is 4. The summed E-state index contributed by atoms with van der Waals surface area (Å²) in [4.78, 5) is 13.9. The summed E-state index contributed by atoms with van der Waals surface area (Å²) in [6.45, 7) is 2.18. The Morgan fingerprint density at radius 3 is 2.74 bits per heavy atom. The highest BCUT2D eigenvalue weighted by Crippen LogP contribution is 2.30. The van der Waals surface area contributed by atoms with Crippen LogP contribution in [-0.4, -0.2) is 32.7 Å². The molecule has 0 saturated carbocycles. The van der Waals surface area contributed by atoms with Gasteiger partial charge in [0.1, 0.15) is 17.5 Å². The predicted octanol–water partition coefficient (Wildman–Crippen LogP) is 3.40. The lowest BCUT2D eigenvalue weighted by molar-refractivity contribution is 0.461. The zero-order chi connectivity index (χ0) is 18.2. The first-order valence-corrected chi connectivity index (χ1v) is 10.1. The van der Waals surface area contributed by atoms with Crippen LogP contribution in [0.25, 0.3) is 33.8 Å². The molecule has 5 rings (SSSR count). The van der Waals surface area contributed by atoms with E-state index in [1.165, 1.54) is 23.1 Å². The fraction of sp³-hybridized carbons (Fsp3) is 0.250. The Hall–Kier alpha value is -2.77. The van der Waals surface area contributed by atoms with E-state index in [0.717, 1.165) is 35.4 Å². The van der Waals surface area contributed by atoms with Crippen molar-refractivity contribution in [2.75, 3.05) is 18.9 Å². The maximum atomic E-state index is 6.03. The van der Waals surface area contributed by atoms with Crippen LogP contribution in [0.1, 0.15) is 24.3 Å². The topological polar surface area (TPSA) is 81.7 Å². The van der Waals surface area contributed by atoms with E-state index >= 15 is 0 Å². The molecule has 0 amide bonds. The quantitative estimate of drug-likeness (QED) is 0.536. The lowest BCUT2D eigenvalue weighted by Gasteiger charge is -2.23. The van der Waals surface area contributed by atoms with E-state index in [1.807, 2.05) is 11.4 Å². The number of nitrogens with two attached hydrogens (primary N) is 1. The Balaban J connectivity index is 1.57. The lowest BCUT2D eigenvalue weighted by Crippen LogP contribution is -2.28. The molecular formula is C20H20N6S. The molecule has 1 aliphatic heterocycles. The smallest absolute Gasteiger partial charge is 0.183 e. The van der Waals surface area contributed by atoms with Crippen molar-refractivity contribution in [2.24, 2.45) is 0 Å². The summed E-state index contributed by atoms with van der Waals surface area (Å²) >= 11 is 1.64. The van der Waals surface area contributed by atoms with Crippen LogP contribution in [0, 0.1) is 0 Å². The van der Waals surface area contributed by atoms with Crippen molar-refractivity contribution in [3.05, 3.63) is 53.0 Å². The molecule has 1 saturated heterocycles. The van der Waals surface area contributed by atoms with E-state index in [9.17, 15) is 0 Å². The van der Waals surface area contributed by atoms with Gasteiger partial charge in [0, 0.05) is 23.1 Å². The number of nitrogens with zero attached hydrogens (tertiary/aromatic N) is 4. The average molecular weight is 376 g/mol. The van der Waals surface area contributed by atoms with Gasteiger partial charge in [0.25, 0.3) is 0 Å². The molecular weight excluding hydrogens is 356 g/mol. The Morgan fingerprint density at radius 1 is 1.11 bits per heavy atom.